The maximum atomic E-state index is 11.0. The number of non-ortho nitro benzene ring substituents is 1. The van der Waals surface area contributed by atoms with Gasteiger partial charge in [-0.25, -0.2) is 4.79 Å². The van der Waals surface area contributed by atoms with E-state index in [-0.39, 0.29) is 17.9 Å². The summed E-state index contributed by atoms with van der Waals surface area (Å²) in [5.41, 5.74) is 5.15. The van der Waals surface area contributed by atoms with Crippen molar-refractivity contribution < 1.29 is 24.3 Å². The SMILES string of the molecule is COc1cc(/C=N/Nc2ccc([N+](=O)[O-])cc2)cc(Br)c1OCc1ccc(C(=O)O)cc1. The number of nitrogens with zero attached hydrogens (tertiary/aromatic N) is 2. The van der Waals surface area contributed by atoms with Crippen LogP contribution in [0.2, 0.25) is 0 Å². The van der Waals surface area contributed by atoms with E-state index < -0.39 is 10.9 Å². The zero-order valence-corrected chi connectivity index (χ0v) is 18.4. The van der Waals surface area contributed by atoms with E-state index in [1.807, 2.05) is 0 Å². The molecule has 0 bridgehead atoms. The van der Waals surface area contributed by atoms with Gasteiger partial charge in [0.1, 0.15) is 6.61 Å². The zero-order chi connectivity index (χ0) is 23.1. The molecule has 0 fully saturated rings. The van der Waals surface area contributed by atoms with Gasteiger partial charge in [0.05, 0.1) is 34.0 Å². The maximum absolute atomic E-state index is 11.0. The Balaban J connectivity index is 1.67. The molecular weight excluding hydrogens is 482 g/mol. The normalized spacial score (nSPS) is 10.7. The number of anilines is 1. The van der Waals surface area contributed by atoms with Crippen LogP contribution in [0.5, 0.6) is 11.5 Å². The highest BCUT2D eigenvalue weighted by Gasteiger charge is 2.12. The van der Waals surface area contributed by atoms with Crippen molar-refractivity contribution in [1.29, 1.82) is 0 Å². The molecule has 0 atom stereocenters. The summed E-state index contributed by atoms with van der Waals surface area (Å²) < 4.78 is 11.9. The number of hydrazone groups is 1. The molecule has 10 heteroatoms. The number of hydrogen-bond donors (Lipinski definition) is 2. The molecule has 0 aliphatic carbocycles. The lowest BCUT2D eigenvalue weighted by Crippen LogP contribution is -2.01. The molecule has 0 amide bonds. The van der Waals surface area contributed by atoms with Crippen LogP contribution < -0.4 is 14.9 Å². The van der Waals surface area contributed by atoms with Gasteiger partial charge >= 0.3 is 5.97 Å². The average molecular weight is 500 g/mol. The summed E-state index contributed by atoms with van der Waals surface area (Å²) in [4.78, 5) is 21.2. The highest BCUT2D eigenvalue weighted by Crippen LogP contribution is 2.37. The van der Waals surface area contributed by atoms with Gasteiger partial charge in [-0.2, -0.15) is 5.10 Å². The van der Waals surface area contributed by atoms with Crippen molar-refractivity contribution in [3.8, 4) is 11.5 Å². The number of hydrogen-bond acceptors (Lipinski definition) is 7. The number of carbonyl (C=O) groups is 1. The Morgan fingerprint density at radius 3 is 2.47 bits per heavy atom. The number of nitrogens with one attached hydrogen (secondary N) is 1. The summed E-state index contributed by atoms with van der Waals surface area (Å²) >= 11 is 3.47. The number of rotatable bonds is 9. The summed E-state index contributed by atoms with van der Waals surface area (Å²) in [5, 5.41) is 23.8. The Kier molecular flexibility index (Phi) is 7.40. The summed E-state index contributed by atoms with van der Waals surface area (Å²) in [6.07, 6.45) is 1.57. The zero-order valence-electron chi connectivity index (χ0n) is 16.8. The highest BCUT2D eigenvalue weighted by molar-refractivity contribution is 9.10. The lowest BCUT2D eigenvalue weighted by molar-refractivity contribution is -0.384. The van der Waals surface area contributed by atoms with Crippen LogP contribution in [0.4, 0.5) is 11.4 Å². The minimum Gasteiger partial charge on any atom is -0.493 e. The number of carboxylic acids is 1. The summed E-state index contributed by atoms with van der Waals surface area (Å²) in [6, 6.07) is 15.9. The first-order valence-corrected chi connectivity index (χ1v) is 10.0. The van der Waals surface area contributed by atoms with Crippen molar-refractivity contribution >= 4 is 39.5 Å². The molecule has 32 heavy (non-hydrogen) atoms. The largest absolute Gasteiger partial charge is 0.493 e. The Hall–Kier alpha value is -3.92. The third-order valence-corrected chi connectivity index (χ3v) is 4.91. The van der Waals surface area contributed by atoms with Crippen LogP contribution in [0.25, 0.3) is 0 Å². The van der Waals surface area contributed by atoms with E-state index >= 15 is 0 Å². The predicted octanol–water partition coefficient (Wildman–Crippen LogP) is 5.09. The van der Waals surface area contributed by atoms with Gasteiger partial charge in [-0.3, -0.25) is 15.5 Å². The van der Waals surface area contributed by atoms with Gasteiger partial charge in [-0.05, 0) is 63.5 Å². The van der Waals surface area contributed by atoms with Gasteiger partial charge in [-0.15, -0.1) is 0 Å². The number of ether oxygens (including phenoxy) is 2. The van der Waals surface area contributed by atoms with E-state index in [9.17, 15) is 14.9 Å². The lowest BCUT2D eigenvalue weighted by Gasteiger charge is -2.13. The standard InChI is InChI=1S/C22H18BrN3O6/c1-31-20-11-15(12-24-25-17-6-8-18(9-7-17)26(29)30)10-19(23)21(20)32-13-14-2-4-16(5-3-14)22(27)28/h2-12,25H,13H2,1H3,(H,27,28)/b24-12+. The molecule has 0 saturated heterocycles. The van der Waals surface area contributed by atoms with Gasteiger partial charge in [0, 0.05) is 12.1 Å². The molecule has 0 aromatic heterocycles. The quantitative estimate of drug-likeness (QED) is 0.238. The summed E-state index contributed by atoms with van der Waals surface area (Å²) in [6.45, 7) is 0.226. The topological polar surface area (TPSA) is 123 Å². The van der Waals surface area contributed by atoms with E-state index in [2.05, 4.69) is 26.5 Å². The van der Waals surface area contributed by atoms with Crippen LogP contribution >= 0.6 is 15.9 Å². The van der Waals surface area contributed by atoms with E-state index in [0.717, 1.165) is 11.1 Å². The van der Waals surface area contributed by atoms with Gasteiger partial charge in [-0.1, -0.05) is 12.1 Å². The van der Waals surface area contributed by atoms with Crippen molar-refractivity contribution in [2.24, 2.45) is 5.10 Å². The summed E-state index contributed by atoms with van der Waals surface area (Å²) in [7, 11) is 1.52. The van der Waals surface area contributed by atoms with Gasteiger partial charge in [0.2, 0.25) is 0 Å². The van der Waals surface area contributed by atoms with Crippen molar-refractivity contribution in [2.45, 2.75) is 6.61 Å². The van der Waals surface area contributed by atoms with E-state index in [1.54, 1.807) is 42.6 Å². The fourth-order valence-corrected chi connectivity index (χ4v) is 3.27. The third-order valence-electron chi connectivity index (χ3n) is 4.32. The number of carboxylic acid groups (broad SMARTS) is 1. The first kappa shape index (κ1) is 22.8. The highest BCUT2D eigenvalue weighted by atomic mass is 79.9. The van der Waals surface area contributed by atoms with Crippen molar-refractivity contribution in [3.05, 3.63) is 91.9 Å². The van der Waals surface area contributed by atoms with E-state index in [4.69, 9.17) is 14.6 Å². The Labute approximate surface area is 191 Å². The monoisotopic (exact) mass is 499 g/mol. The second-order valence-electron chi connectivity index (χ2n) is 6.50. The van der Waals surface area contributed by atoms with Gasteiger partial charge in [0.25, 0.3) is 5.69 Å². The van der Waals surface area contributed by atoms with E-state index in [0.29, 0.717) is 21.7 Å². The molecule has 3 aromatic rings. The molecule has 3 rings (SSSR count). The van der Waals surface area contributed by atoms with Crippen LogP contribution in [0.1, 0.15) is 21.5 Å². The van der Waals surface area contributed by atoms with Crippen molar-refractivity contribution in [1.82, 2.24) is 0 Å². The number of aromatic carboxylic acids is 1. The molecule has 2 N–H and O–H groups in total. The molecule has 0 unspecified atom stereocenters. The number of methoxy groups -OCH3 is 1. The first-order valence-electron chi connectivity index (χ1n) is 9.23. The predicted molar refractivity (Wildman–Crippen MR) is 123 cm³/mol. The molecule has 0 saturated carbocycles. The second-order valence-corrected chi connectivity index (χ2v) is 7.35. The van der Waals surface area contributed by atoms with Crippen LogP contribution in [-0.2, 0) is 6.61 Å². The molecule has 0 spiro atoms. The molecule has 0 radical (unpaired) electrons. The second kappa shape index (κ2) is 10.4. The van der Waals surface area contributed by atoms with Crippen LogP contribution in [0.15, 0.2) is 70.2 Å². The lowest BCUT2D eigenvalue weighted by atomic mass is 10.1. The van der Waals surface area contributed by atoms with Gasteiger partial charge < -0.3 is 14.6 Å². The van der Waals surface area contributed by atoms with Crippen LogP contribution in [0.3, 0.4) is 0 Å². The molecule has 164 valence electrons. The molecular formula is C22H18BrN3O6. The van der Waals surface area contributed by atoms with Crippen LogP contribution in [-0.4, -0.2) is 29.3 Å². The molecule has 3 aromatic carbocycles. The Morgan fingerprint density at radius 2 is 1.88 bits per heavy atom. The van der Waals surface area contributed by atoms with Crippen molar-refractivity contribution in [2.75, 3.05) is 12.5 Å². The molecule has 0 aliphatic rings. The maximum Gasteiger partial charge on any atom is 0.335 e. The minimum atomic E-state index is -0.984. The molecule has 0 aliphatic heterocycles. The Bertz CT molecular complexity index is 1150. The van der Waals surface area contributed by atoms with Gasteiger partial charge in [0.15, 0.2) is 11.5 Å². The fourth-order valence-electron chi connectivity index (χ4n) is 2.69. The molecule has 9 nitrogen and oxygen atoms in total. The van der Waals surface area contributed by atoms with Crippen molar-refractivity contribution in [3.63, 3.8) is 0 Å². The van der Waals surface area contributed by atoms with E-state index in [1.165, 1.54) is 31.4 Å². The van der Waals surface area contributed by atoms with Crippen LogP contribution in [0, 0.1) is 10.1 Å². The fraction of sp³-hybridized carbons (Fsp3) is 0.0909. The average Bonchev–Trinajstić information content (AvgIpc) is 2.78. The first-order chi connectivity index (χ1) is 15.4. The molecule has 0 heterocycles. The minimum absolute atomic E-state index is 0.00149. The number of halogens is 1. The Morgan fingerprint density at radius 1 is 1.19 bits per heavy atom. The smallest absolute Gasteiger partial charge is 0.335 e. The number of nitro groups is 1. The number of nitro benzene ring substituents is 1. The third kappa shape index (κ3) is 5.82. The summed E-state index contributed by atoms with van der Waals surface area (Å²) in [5.74, 6) is -0.00388. The number of benzene rings is 3.